The summed E-state index contributed by atoms with van der Waals surface area (Å²) in [5.74, 6) is -1.77. The fraction of sp³-hybridized carbons (Fsp3) is 0.278. The van der Waals surface area contributed by atoms with Gasteiger partial charge in [-0.2, -0.15) is 0 Å². The zero-order valence-corrected chi connectivity index (χ0v) is 14.1. The van der Waals surface area contributed by atoms with Crippen LogP contribution in [-0.2, 0) is 29.3 Å². The molecule has 0 radical (unpaired) electrons. The number of ketones is 1. The van der Waals surface area contributed by atoms with E-state index in [1.165, 1.54) is 13.8 Å². The minimum atomic E-state index is -1.73. The first-order valence-corrected chi connectivity index (χ1v) is 7.84. The quantitative estimate of drug-likeness (QED) is 0.802. The second-order valence-corrected chi connectivity index (χ2v) is 5.81. The lowest BCUT2D eigenvalue weighted by Crippen LogP contribution is -2.47. The highest BCUT2D eigenvalue weighted by atomic mass is 16.5. The summed E-state index contributed by atoms with van der Waals surface area (Å²) >= 11 is 0. The first-order valence-electron chi connectivity index (χ1n) is 7.84. The predicted molar refractivity (Wildman–Crippen MR) is 89.1 cm³/mol. The van der Waals surface area contributed by atoms with Crippen molar-refractivity contribution in [1.29, 1.82) is 0 Å². The van der Waals surface area contributed by atoms with Crippen molar-refractivity contribution in [3.05, 3.63) is 52.6 Å². The van der Waals surface area contributed by atoms with Crippen LogP contribution in [0.2, 0.25) is 0 Å². The molecular formula is C18H18N2O5. The van der Waals surface area contributed by atoms with Gasteiger partial charge in [-0.15, -0.1) is 0 Å². The van der Waals surface area contributed by atoms with Crippen molar-refractivity contribution in [3.63, 3.8) is 0 Å². The van der Waals surface area contributed by atoms with Crippen LogP contribution in [0, 0.1) is 0 Å². The summed E-state index contributed by atoms with van der Waals surface area (Å²) in [4.78, 5) is 38.0. The smallest absolute Gasteiger partial charge is 0.339 e. The number of anilines is 1. The lowest BCUT2D eigenvalue weighted by atomic mass is 9.66. The Morgan fingerprint density at radius 3 is 2.60 bits per heavy atom. The van der Waals surface area contributed by atoms with Gasteiger partial charge in [0.1, 0.15) is 17.2 Å². The number of allylic oxidation sites excluding steroid dienone is 1. The van der Waals surface area contributed by atoms with Crippen molar-refractivity contribution < 1.29 is 23.9 Å². The number of benzene rings is 1. The highest BCUT2D eigenvalue weighted by Gasteiger charge is 2.61. The van der Waals surface area contributed by atoms with Crippen molar-refractivity contribution in [3.8, 4) is 0 Å². The molecule has 1 aromatic carbocycles. The van der Waals surface area contributed by atoms with Crippen LogP contribution in [0.15, 0.2) is 47.0 Å². The minimum absolute atomic E-state index is 0.0393. The SMILES string of the molecule is CCOC(=O)C1=C(N)Nc2ccccc2C12C(=O)OC(C)=C2C(C)=O. The number of cyclic esters (lactones) is 1. The van der Waals surface area contributed by atoms with E-state index in [-0.39, 0.29) is 35.1 Å². The second kappa shape index (κ2) is 5.77. The Labute approximate surface area is 144 Å². The molecule has 1 atom stereocenters. The minimum Gasteiger partial charge on any atom is -0.462 e. The van der Waals surface area contributed by atoms with Crippen molar-refractivity contribution in [1.82, 2.24) is 0 Å². The number of nitrogens with one attached hydrogen (secondary N) is 1. The molecule has 25 heavy (non-hydrogen) atoms. The Morgan fingerprint density at radius 1 is 1.28 bits per heavy atom. The van der Waals surface area contributed by atoms with Crippen LogP contribution in [-0.4, -0.2) is 24.3 Å². The summed E-state index contributed by atoms with van der Waals surface area (Å²) in [6.45, 7) is 4.59. The second-order valence-electron chi connectivity index (χ2n) is 5.81. The summed E-state index contributed by atoms with van der Waals surface area (Å²) in [6.07, 6.45) is 0. The highest BCUT2D eigenvalue weighted by molar-refractivity contribution is 6.16. The first kappa shape index (κ1) is 16.8. The van der Waals surface area contributed by atoms with E-state index in [0.29, 0.717) is 11.3 Å². The number of Topliss-reactive ketones (excluding diaryl/α,β-unsaturated/α-hetero) is 1. The zero-order chi connectivity index (χ0) is 18.4. The number of rotatable bonds is 3. The number of hydrogen-bond donors (Lipinski definition) is 2. The largest absolute Gasteiger partial charge is 0.462 e. The Kier molecular flexibility index (Phi) is 3.87. The van der Waals surface area contributed by atoms with Crippen LogP contribution >= 0.6 is 0 Å². The molecule has 0 saturated heterocycles. The van der Waals surface area contributed by atoms with E-state index in [9.17, 15) is 14.4 Å². The van der Waals surface area contributed by atoms with Crippen molar-refractivity contribution in [2.45, 2.75) is 26.2 Å². The van der Waals surface area contributed by atoms with Crippen LogP contribution in [0.5, 0.6) is 0 Å². The number of ether oxygens (including phenoxy) is 2. The van der Waals surface area contributed by atoms with E-state index in [2.05, 4.69) is 5.32 Å². The average molecular weight is 342 g/mol. The number of carbonyl (C=O) groups is 3. The third-order valence-electron chi connectivity index (χ3n) is 4.36. The molecule has 7 nitrogen and oxygen atoms in total. The molecule has 1 spiro atoms. The molecule has 0 aliphatic carbocycles. The Bertz CT molecular complexity index is 868. The summed E-state index contributed by atoms with van der Waals surface area (Å²) in [5.41, 5.74) is 5.27. The van der Waals surface area contributed by atoms with Gasteiger partial charge in [-0.1, -0.05) is 18.2 Å². The van der Waals surface area contributed by atoms with Gasteiger partial charge in [0.15, 0.2) is 11.2 Å². The summed E-state index contributed by atoms with van der Waals surface area (Å²) in [5, 5.41) is 2.91. The molecule has 0 fully saturated rings. The topological polar surface area (TPSA) is 108 Å². The number of nitrogens with two attached hydrogens (primary N) is 1. The summed E-state index contributed by atoms with van der Waals surface area (Å²) in [7, 11) is 0. The van der Waals surface area contributed by atoms with E-state index >= 15 is 0 Å². The third kappa shape index (κ3) is 2.15. The number of para-hydroxylation sites is 1. The molecular weight excluding hydrogens is 324 g/mol. The van der Waals surface area contributed by atoms with E-state index in [1.54, 1.807) is 31.2 Å². The van der Waals surface area contributed by atoms with Gasteiger partial charge in [0.2, 0.25) is 0 Å². The molecule has 7 heteroatoms. The van der Waals surface area contributed by atoms with Crippen molar-refractivity contribution >= 4 is 23.4 Å². The molecule has 0 bridgehead atoms. The molecule has 0 amide bonds. The molecule has 1 aromatic rings. The van der Waals surface area contributed by atoms with E-state index in [1.807, 2.05) is 0 Å². The van der Waals surface area contributed by atoms with Gasteiger partial charge in [-0.25, -0.2) is 9.59 Å². The molecule has 2 aliphatic heterocycles. The first-order chi connectivity index (χ1) is 11.9. The number of hydrogen-bond acceptors (Lipinski definition) is 7. The van der Waals surface area contributed by atoms with Gasteiger partial charge in [0, 0.05) is 11.3 Å². The molecule has 0 aromatic heterocycles. The maximum Gasteiger partial charge on any atom is 0.339 e. The molecule has 2 heterocycles. The maximum absolute atomic E-state index is 13.0. The standard InChI is InChI=1S/C18H18N2O5/c1-4-24-16(22)14-15(19)20-12-8-6-5-7-11(12)18(14)13(9(2)21)10(3)25-17(18)23/h5-8,20H,4,19H2,1-3H3. The van der Waals surface area contributed by atoms with Crippen LogP contribution in [0.1, 0.15) is 26.3 Å². The van der Waals surface area contributed by atoms with E-state index in [0.717, 1.165) is 0 Å². The van der Waals surface area contributed by atoms with Crippen LogP contribution in [0.4, 0.5) is 5.69 Å². The Balaban J connectivity index is 2.42. The van der Waals surface area contributed by atoms with Gasteiger partial charge in [-0.05, 0) is 26.8 Å². The van der Waals surface area contributed by atoms with Gasteiger partial charge in [0.25, 0.3) is 0 Å². The number of carbonyl (C=O) groups excluding carboxylic acids is 3. The number of esters is 2. The Morgan fingerprint density at radius 2 is 1.96 bits per heavy atom. The lowest BCUT2D eigenvalue weighted by molar-refractivity contribution is -0.146. The normalized spacial score (nSPS) is 21.8. The van der Waals surface area contributed by atoms with Gasteiger partial charge < -0.3 is 20.5 Å². The molecule has 2 aliphatic rings. The molecule has 130 valence electrons. The third-order valence-corrected chi connectivity index (χ3v) is 4.36. The fourth-order valence-electron chi connectivity index (χ4n) is 3.55. The van der Waals surface area contributed by atoms with Gasteiger partial charge >= 0.3 is 11.9 Å². The highest BCUT2D eigenvalue weighted by Crippen LogP contribution is 2.52. The monoisotopic (exact) mass is 342 g/mol. The zero-order valence-electron chi connectivity index (χ0n) is 14.1. The average Bonchev–Trinajstić information content (AvgIpc) is 2.79. The fourth-order valence-corrected chi connectivity index (χ4v) is 3.55. The molecule has 0 saturated carbocycles. The summed E-state index contributed by atoms with van der Waals surface area (Å²) in [6, 6.07) is 6.85. The predicted octanol–water partition coefficient (Wildman–Crippen LogP) is 1.50. The van der Waals surface area contributed by atoms with E-state index < -0.39 is 17.4 Å². The van der Waals surface area contributed by atoms with Crippen LogP contribution in [0.25, 0.3) is 0 Å². The number of fused-ring (bicyclic) bond motifs is 2. The van der Waals surface area contributed by atoms with Crippen LogP contribution in [0.3, 0.4) is 0 Å². The van der Waals surface area contributed by atoms with Gasteiger partial charge in [-0.3, -0.25) is 4.79 Å². The Hall–Kier alpha value is -3.09. The van der Waals surface area contributed by atoms with Gasteiger partial charge in [0.05, 0.1) is 12.2 Å². The van der Waals surface area contributed by atoms with E-state index in [4.69, 9.17) is 15.2 Å². The molecule has 1 unspecified atom stereocenters. The van der Waals surface area contributed by atoms with Crippen LogP contribution < -0.4 is 11.1 Å². The molecule has 3 N–H and O–H groups in total. The molecule has 3 rings (SSSR count). The summed E-state index contributed by atoms with van der Waals surface area (Å²) < 4.78 is 10.4. The lowest BCUT2D eigenvalue weighted by Gasteiger charge is -2.36. The van der Waals surface area contributed by atoms with Crippen molar-refractivity contribution in [2.75, 3.05) is 11.9 Å². The maximum atomic E-state index is 13.0. The van der Waals surface area contributed by atoms with Crippen molar-refractivity contribution in [2.24, 2.45) is 5.73 Å².